The SMILES string of the molecule is CO[C@H]1[C@@H](O)[C@H](O[C@@H]2[C@@H](C)O[C@@H](O[C@@H]3[C@@H](C)O[C@@H](O[C@H]4[C@@H](OC)C[C@H](O[C@H]5CC[C@@]6(C)C(=CC[C@]7(O)[C@@H]6CC(OC(=O)/C=C/c6ccccc6)[C@@]6(C)[C@]7(O)CC[C@]6(O)C(C)OC(=O)c6cccnc6)C5)O[C@@H]4C)C[C@H]3OC)C[C@H]2OC)O[C@H](C)[C@H]1O. The number of methoxy groups -OCH3 is 4. The number of rotatable bonds is 18. The highest BCUT2D eigenvalue weighted by molar-refractivity contribution is 5.89. The van der Waals surface area contributed by atoms with E-state index < -0.39 is 162 Å². The molecule has 0 spiro atoms. The van der Waals surface area contributed by atoms with Crippen molar-refractivity contribution in [3.05, 3.63) is 83.7 Å². The van der Waals surface area contributed by atoms with Gasteiger partial charge >= 0.3 is 11.9 Å². The van der Waals surface area contributed by atoms with Gasteiger partial charge in [0.25, 0.3) is 0 Å². The quantitative estimate of drug-likeness (QED) is 0.0723. The van der Waals surface area contributed by atoms with Gasteiger partial charge in [-0.05, 0) is 109 Å². The molecule has 4 aliphatic heterocycles. The highest BCUT2D eigenvalue weighted by atomic mass is 16.8. The van der Waals surface area contributed by atoms with Crippen LogP contribution >= 0.6 is 0 Å². The predicted octanol–water partition coefficient (Wildman–Crippen LogP) is 5.26. The Kier molecular flexibility index (Phi) is 19.8. The number of aliphatic hydroxyl groups is 5. The molecule has 22 heteroatoms. The van der Waals surface area contributed by atoms with Crippen LogP contribution in [0.2, 0.25) is 0 Å². The van der Waals surface area contributed by atoms with Crippen molar-refractivity contribution in [2.45, 2.75) is 252 Å². The molecule has 8 aliphatic rings. The number of benzene rings is 1. The minimum absolute atomic E-state index is 0.0559. The van der Waals surface area contributed by atoms with Gasteiger partial charge in [0, 0.05) is 72.1 Å². The van der Waals surface area contributed by atoms with Crippen LogP contribution in [0, 0.1) is 16.7 Å². The summed E-state index contributed by atoms with van der Waals surface area (Å²) >= 11 is 0. The number of esters is 2. The lowest BCUT2D eigenvalue weighted by atomic mass is 9.42. The van der Waals surface area contributed by atoms with E-state index in [1.807, 2.05) is 57.2 Å². The summed E-state index contributed by atoms with van der Waals surface area (Å²) in [6, 6.07) is 12.5. The van der Waals surface area contributed by atoms with Gasteiger partial charge in [-0.3, -0.25) is 4.98 Å². The van der Waals surface area contributed by atoms with Gasteiger partial charge in [-0.1, -0.05) is 55.8 Å². The smallest absolute Gasteiger partial charge is 0.340 e. The molecule has 0 amide bonds. The van der Waals surface area contributed by atoms with Crippen molar-refractivity contribution in [1.29, 1.82) is 0 Å². The third kappa shape index (κ3) is 11.9. The zero-order valence-corrected chi connectivity index (χ0v) is 51.3. The lowest BCUT2D eigenvalue weighted by Gasteiger charge is -2.67. The Morgan fingerprint density at radius 3 is 1.85 bits per heavy atom. The Labute approximate surface area is 504 Å². The number of carbonyl (C=O) groups is 2. The minimum atomic E-state index is -2.02. The average molecular weight is 1210 g/mol. The van der Waals surface area contributed by atoms with Crippen molar-refractivity contribution in [2.75, 3.05) is 28.4 Å². The summed E-state index contributed by atoms with van der Waals surface area (Å²) in [5.41, 5.74) is -6.17. The number of hydrogen-bond acceptors (Lipinski definition) is 22. The second-order valence-corrected chi connectivity index (χ2v) is 25.5. The molecule has 5 N–H and O–H groups in total. The summed E-state index contributed by atoms with van der Waals surface area (Å²) in [7, 11) is 6.24. The number of ether oxygens (including phenoxy) is 14. The normalized spacial score (nSPS) is 45.5. The van der Waals surface area contributed by atoms with E-state index in [4.69, 9.17) is 66.3 Å². The molecule has 4 saturated heterocycles. The summed E-state index contributed by atoms with van der Waals surface area (Å²) in [4.78, 5) is 31.5. The first-order chi connectivity index (χ1) is 40.9. The lowest BCUT2D eigenvalue weighted by molar-refractivity contribution is -0.356. The van der Waals surface area contributed by atoms with Gasteiger partial charge in [-0.15, -0.1) is 0 Å². The van der Waals surface area contributed by atoms with Crippen LogP contribution in [0.1, 0.15) is 129 Å². The second kappa shape index (κ2) is 26.1. The van der Waals surface area contributed by atoms with Crippen LogP contribution in [0.15, 0.2) is 72.6 Å². The molecule has 1 aromatic carbocycles. The second-order valence-electron chi connectivity index (χ2n) is 25.5. The Morgan fingerprint density at radius 2 is 1.28 bits per heavy atom. The predicted molar refractivity (Wildman–Crippen MR) is 305 cm³/mol. The first-order valence-corrected chi connectivity index (χ1v) is 30.6. The van der Waals surface area contributed by atoms with Gasteiger partial charge in [-0.25, -0.2) is 9.59 Å². The molecule has 7 fully saturated rings. The largest absolute Gasteiger partial charge is 0.458 e. The summed E-state index contributed by atoms with van der Waals surface area (Å²) in [6.45, 7) is 12.7. The van der Waals surface area contributed by atoms with Crippen LogP contribution in [0.3, 0.4) is 0 Å². The van der Waals surface area contributed by atoms with Crippen LogP contribution in [0.4, 0.5) is 0 Å². The van der Waals surface area contributed by atoms with Crippen molar-refractivity contribution < 1.29 is 101 Å². The highest BCUT2D eigenvalue weighted by Gasteiger charge is 2.81. The van der Waals surface area contributed by atoms with Gasteiger partial charge in [-0.2, -0.15) is 0 Å². The molecule has 478 valence electrons. The van der Waals surface area contributed by atoms with E-state index in [0.717, 1.165) is 11.1 Å². The molecule has 26 atom stereocenters. The first kappa shape index (κ1) is 65.1. The minimum Gasteiger partial charge on any atom is -0.458 e. The Balaban J connectivity index is 0.776. The van der Waals surface area contributed by atoms with E-state index in [-0.39, 0.29) is 43.8 Å². The third-order valence-corrected chi connectivity index (χ3v) is 21.0. The molecular weight excluding hydrogens is 1120 g/mol. The van der Waals surface area contributed by atoms with Crippen molar-refractivity contribution >= 4 is 18.0 Å². The summed E-state index contributed by atoms with van der Waals surface area (Å²) in [5.74, 6) is -2.03. The van der Waals surface area contributed by atoms with Crippen LogP contribution in [-0.2, 0) is 71.1 Å². The standard InChI is InChI=1S/C64H91NO21/c1-34-52(67)57(76-11)53(68)59(80-34)86-56-37(4)79-51(31-45(56)75-10)85-55-36(3)78-50(30-44(55)74-9)84-54-35(2)77-49(29-43(54)73-8)82-42-22-23-60(6)41(28-42)21-24-63(71)46(60)32-47(83-48(66)20-19-39-16-13-12-14-17-39)61(7)62(70,25-26-64(61,63)72)38(5)81-58(69)40-18-15-27-65-33-40/h12-21,27,33-38,42-47,49-57,59,67-68,70-72H,22-26,28-32H2,1-11H3/b20-19+/t34-,35-,36-,37-,38?,42+,43+,44-,45-,46-,47?,49+,50+,51+,52-,53-,54-,55-,56-,57-,59+,60+,61-,62+,63+,64-/m1/s1. The molecular formula is C64H91NO21. The maximum atomic E-state index is 14.0. The number of pyridine rings is 1. The molecule has 1 aromatic heterocycles. The van der Waals surface area contributed by atoms with Gasteiger partial charge in [0.1, 0.15) is 65.6 Å². The fraction of sp³-hybridized carbons (Fsp3) is 0.734. The van der Waals surface area contributed by atoms with Crippen molar-refractivity contribution in [3.63, 3.8) is 0 Å². The molecule has 10 rings (SSSR count). The number of carbonyl (C=O) groups excluding carboxylic acids is 2. The zero-order valence-electron chi connectivity index (χ0n) is 51.3. The molecule has 0 bridgehead atoms. The Hall–Kier alpha value is -3.89. The number of aliphatic hydroxyl groups excluding tert-OH is 2. The van der Waals surface area contributed by atoms with Crippen molar-refractivity contribution in [1.82, 2.24) is 4.98 Å². The van der Waals surface area contributed by atoms with Crippen LogP contribution in [0.5, 0.6) is 0 Å². The molecule has 5 heterocycles. The van der Waals surface area contributed by atoms with E-state index in [0.29, 0.717) is 32.1 Å². The monoisotopic (exact) mass is 1210 g/mol. The third-order valence-electron chi connectivity index (χ3n) is 21.0. The fourth-order valence-electron chi connectivity index (χ4n) is 16.0. The van der Waals surface area contributed by atoms with Crippen LogP contribution < -0.4 is 0 Å². The van der Waals surface area contributed by atoms with Gasteiger partial charge in [0.05, 0.1) is 59.8 Å². The van der Waals surface area contributed by atoms with E-state index in [2.05, 4.69) is 11.9 Å². The fourth-order valence-corrected chi connectivity index (χ4v) is 16.0. The van der Waals surface area contributed by atoms with Gasteiger partial charge in [0.2, 0.25) is 0 Å². The first-order valence-electron chi connectivity index (χ1n) is 30.6. The van der Waals surface area contributed by atoms with E-state index in [1.54, 1.807) is 60.3 Å². The van der Waals surface area contributed by atoms with Crippen LogP contribution in [-0.4, -0.2) is 211 Å². The molecule has 2 unspecified atom stereocenters. The van der Waals surface area contributed by atoms with Gasteiger partial charge in [0.15, 0.2) is 25.2 Å². The van der Waals surface area contributed by atoms with Crippen molar-refractivity contribution in [3.8, 4) is 0 Å². The molecule has 2 aromatic rings. The molecule has 86 heavy (non-hydrogen) atoms. The summed E-state index contributed by atoms with van der Waals surface area (Å²) < 4.78 is 87.4. The van der Waals surface area contributed by atoms with Crippen LogP contribution in [0.25, 0.3) is 6.08 Å². The number of fused-ring (bicyclic) bond motifs is 5. The lowest BCUT2D eigenvalue weighted by Crippen LogP contribution is -2.78. The number of hydrogen-bond donors (Lipinski definition) is 5. The van der Waals surface area contributed by atoms with Gasteiger partial charge < -0.3 is 91.8 Å². The Bertz CT molecular complexity index is 2690. The number of nitrogens with zero attached hydrogens (tertiary/aromatic N) is 1. The average Bonchev–Trinajstić information content (AvgIpc) is 1.37. The zero-order chi connectivity index (χ0) is 61.7. The molecule has 22 nitrogen and oxygen atoms in total. The van der Waals surface area contributed by atoms with E-state index >= 15 is 0 Å². The Morgan fingerprint density at radius 1 is 0.686 bits per heavy atom. The summed E-state index contributed by atoms with van der Waals surface area (Å²) in [5, 5.41) is 61.2. The van der Waals surface area contributed by atoms with E-state index in [9.17, 15) is 35.1 Å². The summed E-state index contributed by atoms with van der Waals surface area (Å²) in [6.07, 6.45) is -3.73. The molecule has 0 radical (unpaired) electrons. The van der Waals surface area contributed by atoms with Crippen molar-refractivity contribution in [2.24, 2.45) is 16.7 Å². The molecule has 4 aliphatic carbocycles. The maximum absolute atomic E-state index is 14.0. The highest BCUT2D eigenvalue weighted by Crippen LogP contribution is 2.71. The molecule has 3 saturated carbocycles. The van der Waals surface area contributed by atoms with E-state index in [1.165, 1.54) is 25.6 Å². The topological polar surface area (TPSA) is 277 Å². The maximum Gasteiger partial charge on any atom is 0.340 e. The number of aromatic nitrogens is 1.